The number of likely N-dealkylation sites (tertiary alicyclic amines) is 1. The number of hydrogen-bond acceptors (Lipinski definition) is 4. The van der Waals surface area contributed by atoms with Gasteiger partial charge in [-0.05, 0) is 69.8 Å². The molecule has 1 unspecified atom stereocenters. The van der Waals surface area contributed by atoms with Crippen molar-refractivity contribution in [2.45, 2.75) is 59.5 Å². The maximum Gasteiger partial charge on any atom is 0.243 e. The Kier molecular flexibility index (Phi) is 9.66. The van der Waals surface area contributed by atoms with E-state index in [1.54, 1.807) is 0 Å². The molecule has 0 radical (unpaired) electrons. The molecule has 1 aliphatic rings. The molecule has 0 aromatic heterocycles. The number of nitrogens with one attached hydrogen (secondary N) is 2. The van der Waals surface area contributed by atoms with E-state index in [1.807, 2.05) is 26.8 Å². The summed E-state index contributed by atoms with van der Waals surface area (Å²) in [6.07, 6.45) is 3.23. The van der Waals surface area contributed by atoms with Crippen molar-refractivity contribution >= 4 is 17.5 Å². The van der Waals surface area contributed by atoms with Crippen LogP contribution >= 0.6 is 0 Å². The van der Waals surface area contributed by atoms with Gasteiger partial charge >= 0.3 is 0 Å². The monoisotopic (exact) mass is 464 g/mol. The Morgan fingerprint density at radius 2 is 1.76 bits per heavy atom. The predicted molar refractivity (Wildman–Crippen MR) is 139 cm³/mol. The maximum absolute atomic E-state index is 12.7. The molecule has 6 nitrogen and oxygen atoms in total. The van der Waals surface area contributed by atoms with E-state index in [2.05, 4.69) is 63.8 Å². The quantitative estimate of drug-likeness (QED) is 0.557. The highest BCUT2D eigenvalue weighted by molar-refractivity contribution is 5.96. The smallest absolute Gasteiger partial charge is 0.243 e. The molecule has 0 aliphatic carbocycles. The van der Waals surface area contributed by atoms with Crippen molar-refractivity contribution in [2.24, 2.45) is 0 Å². The molecule has 184 valence electrons. The molecule has 34 heavy (non-hydrogen) atoms. The van der Waals surface area contributed by atoms with Crippen molar-refractivity contribution in [1.29, 1.82) is 0 Å². The Morgan fingerprint density at radius 1 is 1.06 bits per heavy atom. The first kappa shape index (κ1) is 25.9. The number of piperidine rings is 1. The Bertz CT molecular complexity index is 937. The van der Waals surface area contributed by atoms with Gasteiger partial charge in [0.05, 0.1) is 13.1 Å². The van der Waals surface area contributed by atoms with Gasteiger partial charge in [0.1, 0.15) is 0 Å². The Balaban J connectivity index is 1.50. The number of amides is 2. The minimum atomic E-state index is -0.197. The predicted octanol–water partition coefficient (Wildman–Crippen LogP) is 4.04. The fourth-order valence-corrected chi connectivity index (χ4v) is 4.97. The summed E-state index contributed by atoms with van der Waals surface area (Å²) < 4.78 is 0. The van der Waals surface area contributed by atoms with Crippen molar-refractivity contribution in [3.63, 3.8) is 0 Å². The molecule has 2 aromatic carbocycles. The zero-order valence-corrected chi connectivity index (χ0v) is 21.2. The van der Waals surface area contributed by atoms with Crippen molar-refractivity contribution in [1.82, 2.24) is 15.1 Å². The summed E-state index contributed by atoms with van der Waals surface area (Å²) in [4.78, 5) is 30.0. The standard InChI is InChI=1S/C28H40N4O2/c1-5-13-32(25-12-9-14-31(19-25)18-24-10-7-6-8-11-24)20-27(34)29-17-26(33)30-28-22(3)15-21(2)16-23(28)4/h6-8,10-11,15-16,25H,5,9,12-14,17-20H2,1-4H3,(H,29,34)(H,30,33). The molecule has 0 saturated carbocycles. The third-order valence-electron chi connectivity index (χ3n) is 6.49. The van der Waals surface area contributed by atoms with Gasteiger partial charge in [0.15, 0.2) is 0 Å². The molecule has 0 spiro atoms. The highest BCUT2D eigenvalue weighted by Crippen LogP contribution is 2.22. The second-order valence-corrected chi connectivity index (χ2v) is 9.59. The minimum absolute atomic E-state index is 0.0175. The summed E-state index contributed by atoms with van der Waals surface area (Å²) in [6.45, 7) is 12.4. The van der Waals surface area contributed by atoms with Gasteiger partial charge in [-0.15, -0.1) is 0 Å². The molecule has 1 heterocycles. The van der Waals surface area contributed by atoms with E-state index in [4.69, 9.17) is 0 Å². The van der Waals surface area contributed by atoms with E-state index in [0.29, 0.717) is 12.6 Å². The van der Waals surface area contributed by atoms with E-state index in [-0.39, 0.29) is 18.4 Å². The Labute approximate surface area is 204 Å². The number of nitrogens with zero attached hydrogens (tertiary/aromatic N) is 2. The second-order valence-electron chi connectivity index (χ2n) is 9.59. The Hall–Kier alpha value is -2.70. The van der Waals surface area contributed by atoms with Crippen LogP contribution in [-0.4, -0.2) is 60.4 Å². The fourth-order valence-electron chi connectivity index (χ4n) is 4.97. The lowest BCUT2D eigenvalue weighted by atomic mass is 10.0. The van der Waals surface area contributed by atoms with Gasteiger partial charge in [0.25, 0.3) is 0 Å². The van der Waals surface area contributed by atoms with Gasteiger partial charge < -0.3 is 10.6 Å². The van der Waals surface area contributed by atoms with E-state index >= 15 is 0 Å². The average molecular weight is 465 g/mol. The van der Waals surface area contributed by atoms with Crippen molar-refractivity contribution in [3.8, 4) is 0 Å². The SMILES string of the molecule is CCCN(CC(=O)NCC(=O)Nc1c(C)cc(C)cc1C)C1CCCN(Cc2ccccc2)C1. The molecule has 1 fully saturated rings. The minimum Gasteiger partial charge on any atom is -0.346 e. The number of anilines is 1. The van der Waals surface area contributed by atoms with Crippen LogP contribution in [-0.2, 0) is 16.1 Å². The number of aryl methyl sites for hydroxylation is 3. The number of hydrogen-bond donors (Lipinski definition) is 2. The lowest BCUT2D eigenvalue weighted by Gasteiger charge is -2.39. The molecule has 0 bridgehead atoms. The van der Waals surface area contributed by atoms with Crippen molar-refractivity contribution in [3.05, 3.63) is 64.7 Å². The molecule has 6 heteroatoms. The molecule has 2 N–H and O–H groups in total. The lowest BCUT2D eigenvalue weighted by Crippen LogP contribution is -2.51. The molecule has 2 aromatic rings. The van der Waals surface area contributed by atoms with Gasteiger partial charge in [-0.3, -0.25) is 19.4 Å². The van der Waals surface area contributed by atoms with Crippen LogP contribution in [0.1, 0.15) is 48.4 Å². The van der Waals surface area contributed by atoms with Crippen LogP contribution in [0.5, 0.6) is 0 Å². The van der Waals surface area contributed by atoms with Crippen molar-refractivity contribution in [2.75, 3.05) is 38.0 Å². The molecule has 1 saturated heterocycles. The van der Waals surface area contributed by atoms with Crippen LogP contribution in [0.4, 0.5) is 5.69 Å². The van der Waals surface area contributed by atoms with E-state index in [1.165, 1.54) is 11.1 Å². The summed E-state index contributed by atoms with van der Waals surface area (Å²) in [5, 5.41) is 5.78. The molecular formula is C28H40N4O2. The largest absolute Gasteiger partial charge is 0.346 e. The number of carbonyl (C=O) groups is 2. The zero-order valence-electron chi connectivity index (χ0n) is 21.2. The molecule has 3 rings (SSSR count). The summed E-state index contributed by atoms with van der Waals surface area (Å²) in [5.41, 5.74) is 5.39. The van der Waals surface area contributed by atoms with Crippen LogP contribution in [0.15, 0.2) is 42.5 Å². The normalized spacial score (nSPS) is 16.4. The average Bonchev–Trinajstić information content (AvgIpc) is 2.80. The van der Waals surface area contributed by atoms with Gasteiger partial charge in [-0.25, -0.2) is 0 Å². The second kappa shape index (κ2) is 12.7. The highest BCUT2D eigenvalue weighted by atomic mass is 16.2. The summed E-state index contributed by atoms with van der Waals surface area (Å²) in [6, 6.07) is 15.0. The summed E-state index contributed by atoms with van der Waals surface area (Å²) >= 11 is 0. The van der Waals surface area contributed by atoms with Gasteiger partial charge in [0.2, 0.25) is 11.8 Å². The first-order valence-corrected chi connectivity index (χ1v) is 12.5. The van der Waals surface area contributed by atoms with Gasteiger partial charge in [-0.2, -0.15) is 0 Å². The highest BCUT2D eigenvalue weighted by Gasteiger charge is 2.26. The number of benzene rings is 2. The Morgan fingerprint density at radius 3 is 2.44 bits per heavy atom. The summed E-state index contributed by atoms with van der Waals surface area (Å²) in [5.74, 6) is -0.293. The van der Waals surface area contributed by atoms with Crippen LogP contribution in [0.2, 0.25) is 0 Å². The zero-order chi connectivity index (χ0) is 24.5. The first-order chi connectivity index (χ1) is 16.4. The maximum atomic E-state index is 12.7. The molecule has 1 aliphatic heterocycles. The fraction of sp³-hybridized carbons (Fsp3) is 0.500. The third kappa shape index (κ3) is 7.67. The summed E-state index contributed by atoms with van der Waals surface area (Å²) in [7, 11) is 0. The lowest BCUT2D eigenvalue weighted by molar-refractivity contribution is -0.125. The molecule has 1 atom stereocenters. The van der Waals surface area contributed by atoms with E-state index in [9.17, 15) is 9.59 Å². The van der Waals surface area contributed by atoms with Crippen LogP contribution < -0.4 is 10.6 Å². The van der Waals surface area contributed by atoms with E-state index in [0.717, 1.165) is 62.3 Å². The van der Waals surface area contributed by atoms with Crippen LogP contribution in [0.3, 0.4) is 0 Å². The number of rotatable bonds is 10. The topological polar surface area (TPSA) is 64.7 Å². The number of carbonyl (C=O) groups excluding carboxylic acids is 2. The van der Waals surface area contributed by atoms with E-state index < -0.39 is 0 Å². The van der Waals surface area contributed by atoms with Gasteiger partial charge in [-0.1, -0.05) is 55.0 Å². The van der Waals surface area contributed by atoms with Crippen LogP contribution in [0.25, 0.3) is 0 Å². The molecular weight excluding hydrogens is 424 g/mol. The third-order valence-corrected chi connectivity index (χ3v) is 6.49. The molecule has 2 amide bonds. The first-order valence-electron chi connectivity index (χ1n) is 12.5. The van der Waals surface area contributed by atoms with Crippen molar-refractivity contribution < 1.29 is 9.59 Å². The van der Waals surface area contributed by atoms with Crippen LogP contribution in [0, 0.1) is 20.8 Å². The van der Waals surface area contributed by atoms with Gasteiger partial charge in [0, 0.05) is 24.8 Å².